The van der Waals surface area contributed by atoms with Crippen LogP contribution < -0.4 is 9.47 Å². The molecule has 1 N–H and O–H groups in total. The number of alkyl halides is 6. The smallest absolute Gasteiger partial charge is 0.416 e. The first-order valence-electron chi connectivity index (χ1n) is 16.8. The van der Waals surface area contributed by atoms with Crippen molar-refractivity contribution in [1.82, 2.24) is 9.80 Å². The van der Waals surface area contributed by atoms with Crippen LogP contribution in [0.15, 0.2) is 73.8 Å². The number of ether oxygens (including phenoxy) is 5. The number of methoxy groups -OCH3 is 3. The lowest BCUT2D eigenvalue weighted by molar-refractivity contribution is -0.170. The number of benzene rings is 2. The molecule has 2 fully saturated rings. The number of likely N-dealkylation sites (tertiary alicyclic amines) is 2. The van der Waals surface area contributed by atoms with Gasteiger partial charge in [-0.3, -0.25) is 0 Å². The van der Waals surface area contributed by atoms with E-state index in [9.17, 15) is 50.6 Å². The average Bonchev–Trinajstić information content (AvgIpc) is 3.15. The summed E-state index contributed by atoms with van der Waals surface area (Å²) >= 11 is 0. The zero-order valence-corrected chi connectivity index (χ0v) is 30.3. The first-order valence-corrected chi connectivity index (χ1v) is 16.8. The van der Waals surface area contributed by atoms with Gasteiger partial charge in [-0.15, -0.1) is 13.2 Å². The van der Waals surface area contributed by atoms with Crippen molar-refractivity contribution in [2.24, 2.45) is 0 Å². The first kappa shape index (κ1) is 44.0. The van der Waals surface area contributed by atoms with E-state index < -0.39 is 70.9 Å². The zero-order chi connectivity index (χ0) is 41.2. The lowest BCUT2D eigenvalue weighted by atomic mass is 9.82. The normalized spacial score (nSPS) is 22.6. The number of nitrogens with zero attached hydrogens (tertiary/aromatic N) is 2. The Labute approximate surface area is 313 Å². The summed E-state index contributed by atoms with van der Waals surface area (Å²) in [5, 5.41) is 9.89. The Bertz CT molecular complexity index is 1670. The predicted octanol–water partition coefficient (Wildman–Crippen LogP) is 7.52. The van der Waals surface area contributed by atoms with Crippen molar-refractivity contribution in [1.29, 1.82) is 0 Å². The quantitative estimate of drug-likeness (QED) is 0.111. The van der Waals surface area contributed by atoms with E-state index in [0.717, 1.165) is 48.5 Å². The highest BCUT2D eigenvalue weighted by Crippen LogP contribution is 2.39. The second-order valence-corrected chi connectivity index (χ2v) is 12.4. The number of rotatable bonds is 10. The second-order valence-electron chi connectivity index (χ2n) is 12.4. The van der Waals surface area contributed by atoms with E-state index >= 15 is 0 Å². The number of esters is 1. The van der Waals surface area contributed by atoms with Crippen molar-refractivity contribution in [2.75, 3.05) is 34.4 Å². The van der Waals surface area contributed by atoms with Crippen LogP contribution in [-0.4, -0.2) is 96.7 Å². The molecular weight excluding hydrogens is 746 g/mol. The minimum Gasteiger partial charge on any atom is -0.478 e. The molecule has 2 aromatic rings. The number of carboxylic acid groups (broad SMARTS) is 1. The van der Waals surface area contributed by atoms with E-state index in [2.05, 4.69) is 13.2 Å². The number of piperidine rings is 2. The Kier molecular flexibility index (Phi) is 14.6. The number of carbonyl (C=O) groups excluding carboxylic acids is 3. The molecule has 302 valence electrons. The van der Waals surface area contributed by atoms with E-state index in [1.54, 1.807) is 0 Å². The van der Waals surface area contributed by atoms with E-state index in [-0.39, 0.29) is 43.7 Å². The van der Waals surface area contributed by atoms with Gasteiger partial charge in [0.25, 0.3) is 0 Å². The van der Waals surface area contributed by atoms with Crippen molar-refractivity contribution < 1.29 is 74.3 Å². The molecule has 0 saturated carbocycles. The first-order chi connectivity index (χ1) is 25.8. The van der Waals surface area contributed by atoms with Gasteiger partial charge in [-0.25, -0.2) is 19.2 Å². The molecule has 2 aromatic carbocycles. The molecular formula is C37H42F6N2O10. The van der Waals surface area contributed by atoms with Crippen molar-refractivity contribution in [3.05, 3.63) is 85.0 Å². The second kappa shape index (κ2) is 18.3. The van der Waals surface area contributed by atoms with Gasteiger partial charge in [0.15, 0.2) is 0 Å². The summed E-state index contributed by atoms with van der Waals surface area (Å²) in [5.74, 6) is -2.03. The van der Waals surface area contributed by atoms with Crippen LogP contribution in [0.5, 0.6) is 11.5 Å². The van der Waals surface area contributed by atoms with E-state index in [0.29, 0.717) is 19.4 Å². The van der Waals surface area contributed by atoms with Crippen molar-refractivity contribution in [3.8, 4) is 11.5 Å². The Balaban J connectivity index is 0.000000296. The maximum absolute atomic E-state index is 12.8. The molecule has 0 aromatic heterocycles. The van der Waals surface area contributed by atoms with Crippen LogP contribution >= 0.6 is 0 Å². The molecule has 18 heteroatoms. The predicted molar refractivity (Wildman–Crippen MR) is 183 cm³/mol. The molecule has 55 heavy (non-hydrogen) atoms. The summed E-state index contributed by atoms with van der Waals surface area (Å²) in [6.07, 6.45) is -6.01. The summed E-state index contributed by atoms with van der Waals surface area (Å²) in [7, 11) is 3.59. The molecule has 2 saturated heterocycles. The van der Waals surface area contributed by atoms with Gasteiger partial charge in [0.1, 0.15) is 11.5 Å². The summed E-state index contributed by atoms with van der Waals surface area (Å²) in [4.78, 5) is 51.7. The topological polar surface area (TPSA) is 141 Å². The summed E-state index contributed by atoms with van der Waals surface area (Å²) in [6, 6.07) is 6.05. The standard InChI is InChI=1S/C19H22F3NO5.C18H20F3NO5/c1-4-6-15-18(16(24)26-2,11-5-12-23(15)17(25)27-3)28-14-9-7-13(8-10-14)19(20,21)22;1-3-5-14-17(15(23)24,10-4-11-22(14)16(25)26-2)27-13-8-6-12(7-9-13)18(19,20)21/h4,7-10,15H,1,5-6,11-12H2,2-3H3;3,6-9,14H,1,4-5,10-11H2,2H3,(H,23,24)/t15-,18+;/m1./s1. The molecule has 0 bridgehead atoms. The zero-order valence-electron chi connectivity index (χ0n) is 30.3. The molecule has 0 spiro atoms. The number of halogens is 6. The molecule has 2 heterocycles. The maximum Gasteiger partial charge on any atom is 0.416 e. The number of amides is 2. The Morgan fingerprint density at radius 1 is 0.691 bits per heavy atom. The minimum absolute atomic E-state index is 0.0359. The van der Waals surface area contributed by atoms with Crippen LogP contribution in [0.25, 0.3) is 0 Å². The van der Waals surface area contributed by atoms with Gasteiger partial charge in [0, 0.05) is 25.9 Å². The SMILES string of the molecule is C=CCC1N(C(=O)OC)CCCC1(Oc1ccc(C(F)(F)F)cc1)C(=O)O.C=CC[C@H]1N(C(=O)OC)CCC[C@@]1(Oc1ccc(C(F)(F)F)cc1)C(=O)OC. The molecule has 2 amide bonds. The largest absolute Gasteiger partial charge is 0.478 e. The summed E-state index contributed by atoms with van der Waals surface area (Å²) < 4.78 is 103. The lowest BCUT2D eigenvalue weighted by Crippen LogP contribution is -2.65. The van der Waals surface area contributed by atoms with Gasteiger partial charge in [0.2, 0.25) is 11.2 Å². The van der Waals surface area contributed by atoms with E-state index in [4.69, 9.17) is 23.7 Å². The molecule has 12 nitrogen and oxygen atoms in total. The average molecular weight is 789 g/mol. The van der Waals surface area contributed by atoms with Crippen LogP contribution in [0.3, 0.4) is 0 Å². The molecule has 2 unspecified atom stereocenters. The van der Waals surface area contributed by atoms with Gasteiger partial charge < -0.3 is 38.6 Å². The van der Waals surface area contributed by atoms with Gasteiger partial charge >= 0.3 is 36.5 Å². The maximum atomic E-state index is 12.8. The third kappa shape index (κ3) is 10.0. The van der Waals surface area contributed by atoms with Gasteiger partial charge in [0.05, 0.1) is 44.5 Å². The van der Waals surface area contributed by atoms with Crippen molar-refractivity contribution >= 4 is 24.1 Å². The third-order valence-corrected chi connectivity index (χ3v) is 9.18. The van der Waals surface area contributed by atoms with E-state index in [1.807, 2.05) is 0 Å². The van der Waals surface area contributed by atoms with Crippen LogP contribution in [0.1, 0.15) is 49.7 Å². The van der Waals surface area contributed by atoms with Crippen molar-refractivity contribution in [3.63, 3.8) is 0 Å². The summed E-state index contributed by atoms with van der Waals surface area (Å²) in [6.45, 7) is 7.86. The van der Waals surface area contributed by atoms with Gasteiger partial charge in [-0.1, -0.05) is 12.2 Å². The summed E-state index contributed by atoms with van der Waals surface area (Å²) in [5.41, 5.74) is -5.15. The van der Waals surface area contributed by atoms with Crippen LogP contribution in [-0.2, 0) is 36.2 Å². The molecule has 0 radical (unpaired) electrons. The molecule has 2 aliphatic heterocycles. The van der Waals surface area contributed by atoms with Crippen LogP contribution in [0, 0.1) is 0 Å². The number of carboxylic acids is 1. The minimum atomic E-state index is -4.51. The Hall–Kier alpha value is -5.42. The fraction of sp³-hybridized carbons (Fsp3) is 0.459. The Morgan fingerprint density at radius 3 is 1.38 bits per heavy atom. The third-order valence-electron chi connectivity index (χ3n) is 9.18. The monoisotopic (exact) mass is 788 g/mol. The number of hydrogen-bond donors (Lipinski definition) is 1. The molecule has 4 atom stereocenters. The van der Waals surface area contributed by atoms with E-state index in [1.165, 1.54) is 43.3 Å². The lowest BCUT2D eigenvalue weighted by Gasteiger charge is -2.46. The number of carbonyl (C=O) groups is 4. The molecule has 4 rings (SSSR count). The molecule has 2 aliphatic rings. The molecule has 0 aliphatic carbocycles. The van der Waals surface area contributed by atoms with Gasteiger partial charge in [-0.2, -0.15) is 26.3 Å². The highest BCUT2D eigenvalue weighted by atomic mass is 19.4. The highest BCUT2D eigenvalue weighted by molar-refractivity contribution is 5.83. The number of hydrogen-bond acceptors (Lipinski definition) is 9. The van der Waals surface area contributed by atoms with Crippen LogP contribution in [0.4, 0.5) is 35.9 Å². The van der Waals surface area contributed by atoms with Crippen molar-refractivity contribution in [2.45, 2.75) is 74.2 Å². The Morgan fingerprint density at radius 2 is 1.05 bits per heavy atom. The van der Waals surface area contributed by atoms with Crippen LogP contribution in [0.2, 0.25) is 0 Å². The van der Waals surface area contributed by atoms with Gasteiger partial charge in [-0.05, 0) is 74.2 Å². The fourth-order valence-corrected chi connectivity index (χ4v) is 6.62. The highest BCUT2D eigenvalue weighted by Gasteiger charge is 2.56. The fourth-order valence-electron chi connectivity index (χ4n) is 6.62. The number of aliphatic carboxylic acids is 1.